The lowest BCUT2D eigenvalue weighted by molar-refractivity contribution is 0.0751. The number of aromatic nitrogens is 1. The Kier molecular flexibility index (Phi) is 6.70. The zero-order valence-corrected chi connectivity index (χ0v) is 13.0. The van der Waals surface area contributed by atoms with Crippen molar-refractivity contribution in [3.05, 3.63) is 24.0 Å². The van der Waals surface area contributed by atoms with Crippen LogP contribution in [0.3, 0.4) is 0 Å². The molecule has 0 bridgehead atoms. The third-order valence-corrected chi connectivity index (χ3v) is 3.76. The zero-order chi connectivity index (χ0) is 14.3. The number of rotatable bonds is 7. The summed E-state index contributed by atoms with van der Waals surface area (Å²) in [7, 11) is 1.83. The maximum Gasteiger partial charge on any atom is 0.272 e. The highest BCUT2D eigenvalue weighted by atomic mass is 32.2. The highest BCUT2D eigenvalue weighted by molar-refractivity contribution is 7.98. The van der Waals surface area contributed by atoms with Crippen molar-refractivity contribution in [2.24, 2.45) is 0 Å². The van der Waals surface area contributed by atoms with Gasteiger partial charge in [0.15, 0.2) is 0 Å². The van der Waals surface area contributed by atoms with E-state index in [0.717, 1.165) is 24.4 Å². The summed E-state index contributed by atoms with van der Waals surface area (Å²) in [5.41, 5.74) is 1.45. The Balaban J connectivity index is 2.75. The first-order valence-electron chi connectivity index (χ1n) is 6.56. The van der Waals surface area contributed by atoms with Gasteiger partial charge in [0.05, 0.1) is 0 Å². The van der Waals surface area contributed by atoms with Crippen LogP contribution in [0.25, 0.3) is 0 Å². The second kappa shape index (κ2) is 8.04. The highest BCUT2D eigenvalue weighted by Gasteiger charge is 2.18. The first-order valence-corrected chi connectivity index (χ1v) is 7.95. The molecular weight excluding hydrogens is 258 g/mol. The van der Waals surface area contributed by atoms with E-state index in [4.69, 9.17) is 0 Å². The van der Waals surface area contributed by atoms with Crippen LogP contribution in [-0.4, -0.2) is 47.4 Å². The SMILES string of the molecule is CCCNc1ccnc(C(=O)N(C)C(C)CSC)c1. The first kappa shape index (κ1) is 15.8. The molecule has 1 N–H and O–H groups in total. The molecule has 1 amide bonds. The number of carbonyl (C=O) groups excluding carboxylic acids is 1. The van der Waals surface area contributed by atoms with E-state index in [1.54, 1.807) is 22.9 Å². The molecule has 5 heteroatoms. The van der Waals surface area contributed by atoms with Gasteiger partial charge in [0.2, 0.25) is 0 Å². The standard InChI is InChI=1S/C14H23N3OS/c1-5-7-15-12-6-8-16-13(9-12)14(18)17(3)11(2)10-19-4/h6,8-9,11H,5,7,10H2,1-4H3,(H,15,16). The van der Waals surface area contributed by atoms with Crippen molar-refractivity contribution in [1.82, 2.24) is 9.88 Å². The normalized spacial score (nSPS) is 12.0. The summed E-state index contributed by atoms with van der Waals surface area (Å²) in [6, 6.07) is 3.91. The molecule has 0 saturated heterocycles. The average Bonchev–Trinajstić information content (AvgIpc) is 2.44. The van der Waals surface area contributed by atoms with E-state index in [1.807, 2.05) is 32.4 Å². The Morgan fingerprint density at radius 3 is 2.95 bits per heavy atom. The van der Waals surface area contributed by atoms with E-state index in [-0.39, 0.29) is 11.9 Å². The van der Waals surface area contributed by atoms with Crippen molar-refractivity contribution in [3.63, 3.8) is 0 Å². The molecule has 0 aliphatic heterocycles. The molecule has 4 nitrogen and oxygen atoms in total. The van der Waals surface area contributed by atoms with Crippen LogP contribution in [0.4, 0.5) is 5.69 Å². The Morgan fingerprint density at radius 2 is 2.32 bits per heavy atom. The van der Waals surface area contributed by atoms with Gasteiger partial charge < -0.3 is 10.2 Å². The fourth-order valence-electron chi connectivity index (χ4n) is 1.66. The lowest BCUT2D eigenvalue weighted by atomic mass is 10.2. The summed E-state index contributed by atoms with van der Waals surface area (Å²) < 4.78 is 0. The predicted molar refractivity (Wildman–Crippen MR) is 83.0 cm³/mol. The summed E-state index contributed by atoms with van der Waals surface area (Å²) in [6.07, 6.45) is 4.77. The smallest absolute Gasteiger partial charge is 0.272 e. The van der Waals surface area contributed by atoms with Crippen molar-refractivity contribution in [3.8, 4) is 0 Å². The number of hydrogen-bond donors (Lipinski definition) is 1. The van der Waals surface area contributed by atoms with Gasteiger partial charge in [-0.15, -0.1) is 0 Å². The number of amides is 1. The molecule has 0 radical (unpaired) electrons. The monoisotopic (exact) mass is 281 g/mol. The molecule has 1 atom stereocenters. The molecule has 19 heavy (non-hydrogen) atoms. The van der Waals surface area contributed by atoms with Crippen molar-refractivity contribution < 1.29 is 4.79 Å². The number of thioether (sulfide) groups is 1. The van der Waals surface area contributed by atoms with E-state index >= 15 is 0 Å². The Morgan fingerprint density at radius 1 is 1.58 bits per heavy atom. The van der Waals surface area contributed by atoms with Crippen molar-refractivity contribution >= 4 is 23.4 Å². The molecule has 1 rings (SSSR count). The highest BCUT2D eigenvalue weighted by Crippen LogP contribution is 2.12. The molecular formula is C14H23N3OS. The van der Waals surface area contributed by atoms with Gasteiger partial charge in [-0.2, -0.15) is 11.8 Å². The van der Waals surface area contributed by atoms with Crippen molar-refractivity contribution in [2.45, 2.75) is 26.3 Å². The van der Waals surface area contributed by atoms with E-state index in [9.17, 15) is 4.79 Å². The number of carbonyl (C=O) groups is 1. The Hall–Kier alpha value is -1.23. The third kappa shape index (κ3) is 4.74. The molecule has 1 heterocycles. The fourth-order valence-corrected chi connectivity index (χ4v) is 2.37. The number of pyridine rings is 1. The number of nitrogens with zero attached hydrogens (tertiary/aromatic N) is 2. The fraction of sp³-hybridized carbons (Fsp3) is 0.571. The lowest BCUT2D eigenvalue weighted by Gasteiger charge is -2.24. The molecule has 0 spiro atoms. The van der Waals surface area contributed by atoms with Crippen LogP contribution in [-0.2, 0) is 0 Å². The summed E-state index contributed by atoms with van der Waals surface area (Å²) >= 11 is 1.74. The third-order valence-electron chi connectivity index (χ3n) is 2.95. The molecule has 0 fully saturated rings. The molecule has 0 aromatic carbocycles. The van der Waals surface area contributed by atoms with E-state index < -0.39 is 0 Å². The van der Waals surface area contributed by atoms with Gasteiger partial charge in [-0.05, 0) is 31.7 Å². The second-order valence-corrected chi connectivity index (χ2v) is 5.49. The van der Waals surface area contributed by atoms with Gasteiger partial charge in [-0.1, -0.05) is 6.92 Å². The Bertz CT molecular complexity index is 411. The quantitative estimate of drug-likeness (QED) is 0.834. The molecule has 1 aromatic heterocycles. The van der Waals surface area contributed by atoms with Gasteiger partial charge in [0, 0.05) is 37.3 Å². The lowest BCUT2D eigenvalue weighted by Crippen LogP contribution is -2.37. The molecule has 0 saturated carbocycles. The van der Waals surface area contributed by atoms with E-state index in [2.05, 4.69) is 17.2 Å². The Labute approximate surface area is 120 Å². The maximum atomic E-state index is 12.3. The minimum Gasteiger partial charge on any atom is -0.385 e. The number of anilines is 1. The summed E-state index contributed by atoms with van der Waals surface area (Å²) in [5.74, 6) is 0.900. The minimum absolute atomic E-state index is 0.0262. The van der Waals surface area contributed by atoms with E-state index in [1.165, 1.54) is 0 Å². The number of nitrogens with one attached hydrogen (secondary N) is 1. The van der Waals surface area contributed by atoms with Crippen molar-refractivity contribution in [1.29, 1.82) is 0 Å². The molecule has 1 unspecified atom stereocenters. The van der Waals surface area contributed by atoms with Gasteiger partial charge in [0.25, 0.3) is 5.91 Å². The van der Waals surface area contributed by atoms with Gasteiger partial charge in [-0.25, -0.2) is 0 Å². The van der Waals surface area contributed by atoms with Gasteiger partial charge >= 0.3 is 0 Å². The topological polar surface area (TPSA) is 45.2 Å². The van der Waals surface area contributed by atoms with Crippen LogP contribution in [0, 0.1) is 0 Å². The maximum absolute atomic E-state index is 12.3. The summed E-state index contributed by atoms with van der Waals surface area (Å²) in [6.45, 7) is 5.06. The minimum atomic E-state index is -0.0262. The largest absolute Gasteiger partial charge is 0.385 e. The second-order valence-electron chi connectivity index (χ2n) is 4.58. The molecule has 106 valence electrons. The van der Waals surface area contributed by atoms with Gasteiger partial charge in [-0.3, -0.25) is 9.78 Å². The molecule has 1 aromatic rings. The van der Waals surface area contributed by atoms with Crippen LogP contribution in [0.5, 0.6) is 0 Å². The van der Waals surface area contributed by atoms with Gasteiger partial charge in [0.1, 0.15) is 5.69 Å². The zero-order valence-electron chi connectivity index (χ0n) is 12.1. The summed E-state index contributed by atoms with van der Waals surface area (Å²) in [5, 5.41) is 3.27. The molecule has 0 aliphatic rings. The predicted octanol–water partition coefficient (Wildman–Crippen LogP) is 2.73. The van der Waals surface area contributed by atoms with Crippen molar-refractivity contribution in [2.75, 3.05) is 30.9 Å². The molecule has 0 aliphatic carbocycles. The number of hydrogen-bond acceptors (Lipinski definition) is 4. The van der Waals surface area contributed by atoms with Crippen LogP contribution < -0.4 is 5.32 Å². The van der Waals surface area contributed by atoms with Crippen LogP contribution in [0.1, 0.15) is 30.8 Å². The summed E-state index contributed by atoms with van der Waals surface area (Å²) in [4.78, 5) is 18.2. The van der Waals surface area contributed by atoms with Crippen LogP contribution in [0.2, 0.25) is 0 Å². The average molecular weight is 281 g/mol. The van der Waals surface area contributed by atoms with Crippen LogP contribution in [0.15, 0.2) is 18.3 Å². The first-order chi connectivity index (χ1) is 9.10. The van der Waals surface area contributed by atoms with E-state index in [0.29, 0.717) is 5.69 Å². The van der Waals surface area contributed by atoms with Crippen LogP contribution >= 0.6 is 11.8 Å².